The van der Waals surface area contributed by atoms with Gasteiger partial charge >= 0.3 is 0 Å². The van der Waals surface area contributed by atoms with Crippen molar-refractivity contribution >= 4 is 23.1 Å². The summed E-state index contributed by atoms with van der Waals surface area (Å²) >= 11 is 6.15. The van der Waals surface area contributed by atoms with Crippen LogP contribution in [0.5, 0.6) is 0 Å². The molecule has 1 aromatic carbocycles. The van der Waals surface area contributed by atoms with Gasteiger partial charge in [-0.05, 0) is 31.9 Å². The third-order valence-electron chi connectivity index (χ3n) is 3.32. The van der Waals surface area contributed by atoms with E-state index in [9.17, 15) is 0 Å². The van der Waals surface area contributed by atoms with Crippen LogP contribution in [0, 0.1) is 13.8 Å². The highest BCUT2D eigenvalue weighted by Gasteiger charge is 2.23. The third-order valence-corrected chi connectivity index (χ3v) is 3.68. The van der Waals surface area contributed by atoms with Gasteiger partial charge in [0, 0.05) is 17.8 Å². The van der Waals surface area contributed by atoms with Crippen LogP contribution in [-0.2, 0) is 6.42 Å². The largest absolute Gasteiger partial charge is 0.325 e. The highest BCUT2D eigenvalue weighted by Crippen LogP contribution is 2.36. The van der Waals surface area contributed by atoms with Gasteiger partial charge in [-0.25, -0.2) is 9.97 Å². The molecular weight excluding hydrogens is 246 g/mol. The number of hydrogen-bond acceptors (Lipinski definition) is 3. The Morgan fingerprint density at radius 1 is 1.17 bits per heavy atom. The molecule has 0 radical (unpaired) electrons. The summed E-state index contributed by atoms with van der Waals surface area (Å²) in [4.78, 5) is 11.0. The number of benzene rings is 1. The first-order valence-corrected chi connectivity index (χ1v) is 6.41. The highest BCUT2D eigenvalue weighted by molar-refractivity contribution is 6.30. The quantitative estimate of drug-likeness (QED) is 0.735. The molecule has 0 aliphatic carbocycles. The van der Waals surface area contributed by atoms with E-state index in [2.05, 4.69) is 39.1 Å². The molecule has 3 rings (SSSR count). The number of aryl methyl sites for hydroxylation is 1. The molecule has 92 valence electrons. The van der Waals surface area contributed by atoms with E-state index in [0.29, 0.717) is 11.0 Å². The van der Waals surface area contributed by atoms with Crippen LogP contribution in [0.25, 0.3) is 0 Å². The normalized spacial score (nSPS) is 13.8. The number of nitrogens with zero attached hydrogens (tertiary/aromatic N) is 3. The van der Waals surface area contributed by atoms with E-state index in [4.69, 9.17) is 11.6 Å². The minimum atomic E-state index is 0.543. The van der Waals surface area contributed by atoms with Crippen LogP contribution in [0.4, 0.5) is 11.5 Å². The van der Waals surface area contributed by atoms with Crippen LogP contribution in [-0.4, -0.2) is 16.5 Å². The van der Waals surface area contributed by atoms with Crippen LogP contribution < -0.4 is 4.90 Å². The summed E-state index contributed by atoms with van der Waals surface area (Å²) in [5.74, 6) is 1.64. The Morgan fingerprint density at radius 3 is 2.78 bits per heavy atom. The van der Waals surface area contributed by atoms with Gasteiger partial charge < -0.3 is 4.90 Å². The summed E-state index contributed by atoms with van der Waals surface area (Å²) < 4.78 is 0. The lowest BCUT2D eigenvalue weighted by Crippen LogP contribution is -2.17. The number of fused-ring (bicyclic) bond motifs is 1. The second kappa shape index (κ2) is 4.25. The minimum Gasteiger partial charge on any atom is -0.325 e. The van der Waals surface area contributed by atoms with E-state index in [1.165, 1.54) is 11.3 Å². The summed E-state index contributed by atoms with van der Waals surface area (Å²) in [7, 11) is 0. The van der Waals surface area contributed by atoms with E-state index < -0.39 is 0 Å². The first-order chi connectivity index (χ1) is 8.66. The number of rotatable bonds is 1. The monoisotopic (exact) mass is 259 g/mol. The van der Waals surface area contributed by atoms with E-state index in [0.717, 1.165) is 24.3 Å². The van der Waals surface area contributed by atoms with Crippen LogP contribution in [0.1, 0.15) is 17.0 Å². The molecular formula is C14H14ClN3. The van der Waals surface area contributed by atoms with Crippen molar-refractivity contribution in [3.63, 3.8) is 0 Å². The van der Waals surface area contributed by atoms with Crippen molar-refractivity contribution in [2.45, 2.75) is 20.3 Å². The van der Waals surface area contributed by atoms with Gasteiger partial charge in [0.15, 0.2) is 0 Å². The maximum Gasteiger partial charge on any atom is 0.141 e. The van der Waals surface area contributed by atoms with Crippen molar-refractivity contribution in [3.05, 3.63) is 46.4 Å². The molecule has 0 unspecified atom stereocenters. The first kappa shape index (κ1) is 11.5. The maximum absolute atomic E-state index is 6.15. The molecule has 1 aliphatic rings. The van der Waals surface area contributed by atoms with Crippen molar-refractivity contribution in [1.82, 2.24) is 9.97 Å². The molecule has 1 aliphatic heterocycles. The topological polar surface area (TPSA) is 29.0 Å². The Morgan fingerprint density at radius 2 is 1.94 bits per heavy atom. The fourth-order valence-electron chi connectivity index (χ4n) is 2.40. The second-order valence-electron chi connectivity index (χ2n) is 4.54. The molecule has 0 bridgehead atoms. The maximum atomic E-state index is 6.15. The van der Waals surface area contributed by atoms with Gasteiger partial charge in [0.2, 0.25) is 0 Å². The predicted molar refractivity (Wildman–Crippen MR) is 73.7 cm³/mol. The molecule has 2 heterocycles. The summed E-state index contributed by atoms with van der Waals surface area (Å²) in [5.41, 5.74) is 3.54. The standard InChI is InChI=1S/C14H14ClN3/c1-9-13(15)16-10(2)17-14(9)18-8-7-11-5-3-4-6-12(11)18/h3-6H,7-8H2,1-2H3. The van der Waals surface area contributed by atoms with E-state index in [1.54, 1.807) is 0 Å². The second-order valence-corrected chi connectivity index (χ2v) is 4.90. The Balaban J connectivity index is 2.13. The van der Waals surface area contributed by atoms with Gasteiger partial charge in [0.1, 0.15) is 16.8 Å². The fraction of sp³-hybridized carbons (Fsp3) is 0.286. The summed E-state index contributed by atoms with van der Waals surface area (Å²) in [6.07, 6.45) is 1.05. The Kier molecular flexibility index (Phi) is 2.71. The number of anilines is 2. The number of para-hydroxylation sites is 1. The van der Waals surface area contributed by atoms with Gasteiger partial charge in [-0.3, -0.25) is 0 Å². The van der Waals surface area contributed by atoms with Crippen molar-refractivity contribution in [2.75, 3.05) is 11.4 Å². The molecule has 0 fully saturated rings. The van der Waals surface area contributed by atoms with Crippen molar-refractivity contribution in [3.8, 4) is 0 Å². The summed E-state index contributed by atoms with van der Waals surface area (Å²) in [6, 6.07) is 8.43. The zero-order valence-corrected chi connectivity index (χ0v) is 11.2. The average Bonchev–Trinajstić information content (AvgIpc) is 2.77. The van der Waals surface area contributed by atoms with Gasteiger partial charge in [-0.15, -0.1) is 0 Å². The smallest absolute Gasteiger partial charge is 0.141 e. The van der Waals surface area contributed by atoms with Crippen molar-refractivity contribution in [1.29, 1.82) is 0 Å². The van der Waals surface area contributed by atoms with Gasteiger partial charge in [0.05, 0.1) is 0 Å². The third kappa shape index (κ3) is 1.75. The van der Waals surface area contributed by atoms with E-state index in [-0.39, 0.29) is 0 Å². The molecule has 2 aromatic rings. The number of halogens is 1. The lowest BCUT2D eigenvalue weighted by atomic mass is 10.2. The number of aromatic nitrogens is 2. The fourth-order valence-corrected chi connectivity index (χ4v) is 2.61. The summed E-state index contributed by atoms with van der Waals surface area (Å²) in [5, 5.41) is 0.543. The summed E-state index contributed by atoms with van der Waals surface area (Å²) in [6.45, 7) is 4.79. The molecule has 0 N–H and O–H groups in total. The first-order valence-electron chi connectivity index (χ1n) is 6.03. The predicted octanol–water partition coefficient (Wildman–Crippen LogP) is 3.44. The molecule has 0 spiro atoms. The molecule has 18 heavy (non-hydrogen) atoms. The lowest BCUT2D eigenvalue weighted by molar-refractivity contribution is 0.932. The average molecular weight is 260 g/mol. The number of hydrogen-bond donors (Lipinski definition) is 0. The zero-order chi connectivity index (χ0) is 12.7. The molecule has 4 heteroatoms. The lowest BCUT2D eigenvalue weighted by Gasteiger charge is -2.21. The molecule has 3 nitrogen and oxygen atoms in total. The van der Waals surface area contributed by atoms with Gasteiger partial charge in [-0.1, -0.05) is 29.8 Å². The van der Waals surface area contributed by atoms with Gasteiger partial charge in [0.25, 0.3) is 0 Å². The van der Waals surface area contributed by atoms with E-state index in [1.807, 2.05) is 13.8 Å². The molecule has 0 amide bonds. The SMILES string of the molecule is Cc1nc(Cl)c(C)c(N2CCc3ccccc32)n1. The van der Waals surface area contributed by atoms with Crippen molar-refractivity contribution in [2.24, 2.45) is 0 Å². The zero-order valence-electron chi connectivity index (χ0n) is 10.4. The molecule has 0 atom stereocenters. The molecule has 0 saturated heterocycles. The van der Waals surface area contributed by atoms with Crippen LogP contribution >= 0.6 is 11.6 Å². The molecule has 0 saturated carbocycles. The van der Waals surface area contributed by atoms with Crippen LogP contribution in [0.15, 0.2) is 24.3 Å². The van der Waals surface area contributed by atoms with Gasteiger partial charge in [-0.2, -0.15) is 0 Å². The molecule has 1 aromatic heterocycles. The Labute approximate surface area is 111 Å². The highest BCUT2D eigenvalue weighted by atomic mass is 35.5. The van der Waals surface area contributed by atoms with E-state index >= 15 is 0 Å². The van der Waals surface area contributed by atoms with Crippen molar-refractivity contribution < 1.29 is 0 Å². The van der Waals surface area contributed by atoms with Crippen LogP contribution in [0.3, 0.4) is 0 Å². The Hall–Kier alpha value is -1.61. The Bertz CT molecular complexity index is 610. The van der Waals surface area contributed by atoms with Crippen LogP contribution in [0.2, 0.25) is 5.15 Å². The minimum absolute atomic E-state index is 0.543.